The lowest BCUT2D eigenvalue weighted by molar-refractivity contribution is -0.232. The highest BCUT2D eigenvalue weighted by molar-refractivity contribution is 5.85. The number of aliphatic hydroxyl groups excluding tert-OH is 1. The van der Waals surface area contributed by atoms with Crippen LogP contribution in [0.2, 0.25) is 0 Å². The van der Waals surface area contributed by atoms with Gasteiger partial charge in [0.05, 0.1) is 30.8 Å². The van der Waals surface area contributed by atoms with Gasteiger partial charge in [0.25, 0.3) is 0 Å². The number of aliphatic hydroxyl groups is 1. The van der Waals surface area contributed by atoms with Crippen LogP contribution in [0.5, 0.6) is 0 Å². The number of hydrogen-bond acceptors (Lipinski definition) is 10. The largest absolute Gasteiger partial charge is 0.462 e. The average molecular weight is 541 g/mol. The molecule has 2 spiro atoms. The molecule has 0 aromatic carbocycles. The topological polar surface area (TPSA) is 130 Å². The fourth-order valence-corrected chi connectivity index (χ4v) is 8.02. The normalized spacial score (nSPS) is 48.4. The maximum atomic E-state index is 13.3. The quantitative estimate of drug-likeness (QED) is 0.209. The number of carbonyl (C=O) groups excluding carboxylic acids is 3. The molecule has 208 valence electrons. The summed E-state index contributed by atoms with van der Waals surface area (Å²) in [7, 11) is 0. The van der Waals surface area contributed by atoms with Gasteiger partial charge in [-0.2, -0.15) is 0 Å². The van der Waals surface area contributed by atoms with Gasteiger partial charge in [-0.1, -0.05) is 30.7 Å². The van der Waals surface area contributed by atoms with E-state index in [4.69, 9.17) is 28.4 Å². The van der Waals surface area contributed by atoms with Crippen molar-refractivity contribution in [2.24, 2.45) is 10.8 Å². The summed E-state index contributed by atoms with van der Waals surface area (Å²) in [5, 5.41) is 10.7. The Morgan fingerprint density at radius 2 is 1.82 bits per heavy atom. The predicted molar refractivity (Wildman–Crippen MR) is 132 cm³/mol. The van der Waals surface area contributed by atoms with Gasteiger partial charge in [-0.05, 0) is 37.8 Å². The van der Waals surface area contributed by atoms with Crippen LogP contribution in [0.3, 0.4) is 0 Å². The molecule has 10 nitrogen and oxygen atoms in total. The molecule has 39 heavy (non-hydrogen) atoms. The maximum Gasteiger partial charge on any atom is 0.339 e. The van der Waals surface area contributed by atoms with Gasteiger partial charge >= 0.3 is 17.9 Å². The Labute approximate surface area is 225 Å². The number of carbonyl (C=O) groups is 3. The Morgan fingerprint density at radius 1 is 1.00 bits per heavy atom. The lowest BCUT2D eigenvalue weighted by atomic mass is 9.51. The highest BCUT2D eigenvalue weighted by atomic mass is 16.6. The molecule has 2 aliphatic carbocycles. The van der Waals surface area contributed by atoms with Crippen molar-refractivity contribution in [1.82, 2.24) is 0 Å². The molecule has 7 rings (SSSR count). The van der Waals surface area contributed by atoms with Crippen LogP contribution in [-0.4, -0.2) is 84.6 Å². The molecule has 4 saturated heterocycles. The van der Waals surface area contributed by atoms with Crippen LogP contribution in [-0.2, 0) is 42.8 Å². The minimum Gasteiger partial charge on any atom is -0.462 e. The van der Waals surface area contributed by atoms with Crippen molar-refractivity contribution in [3.8, 4) is 0 Å². The second kappa shape index (κ2) is 8.36. The molecule has 5 aliphatic heterocycles. The molecule has 10 heteroatoms. The molecular formula is C29H32O10. The molecule has 5 heterocycles. The summed E-state index contributed by atoms with van der Waals surface area (Å²) < 4.78 is 36.1. The van der Waals surface area contributed by atoms with Crippen LogP contribution in [0.15, 0.2) is 47.6 Å². The van der Waals surface area contributed by atoms with Gasteiger partial charge in [-0.3, -0.25) is 0 Å². The van der Waals surface area contributed by atoms with Gasteiger partial charge in [0.1, 0.15) is 18.3 Å². The molecule has 7 aliphatic rings. The van der Waals surface area contributed by atoms with E-state index in [1.54, 1.807) is 0 Å². The van der Waals surface area contributed by atoms with E-state index in [0.717, 1.165) is 6.42 Å². The summed E-state index contributed by atoms with van der Waals surface area (Å²) in [6.07, 6.45) is 7.85. The molecule has 3 unspecified atom stereocenters. The van der Waals surface area contributed by atoms with Crippen molar-refractivity contribution < 1.29 is 47.9 Å². The van der Waals surface area contributed by atoms with E-state index >= 15 is 0 Å². The monoisotopic (exact) mass is 540 g/mol. The third-order valence-electron chi connectivity index (χ3n) is 10.3. The molecule has 1 N–H and O–H groups in total. The SMILES string of the molecule is CC1=C[C@H]2O[C@@H]3C[C@H]4OC(=O)C=CC=CC56OCCC(=CC(=O)OC[C@@]2(CC1)[C@]4(C)[C@]31CO1)C5OC(=O)C6O. The first-order chi connectivity index (χ1) is 18.7. The molecule has 4 bridgehead atoms. The molecule has 0 aromatic heterocycles. The van der Waals surface area contributed by atoms with E-state index in [-0.39, 0.29) is 25.4 Å². The molecular weight excluding hydrogens is 508 g/mol. The zero-order valence-corrected chi connectivity index (χ0v) is 21.9. The minimum absolute atomic E-state index is 0.0386. The number of ether oxygens (including phenoxy) is 6. The maximum absolute atomic E-state index is 13.3. The van der Waals surface area contributed by atoms with Crippen LogP contribution >= 0.6 is 0 Å². The van der Waals surface area contributed by atoms with E-state index in [9.17, 15) is 19.5 Å². The van der Waals surface area contributed by atoms with Crippen molar-refractivity contribution in [3.05, 3.63) is 47.6 Å². The first-order valence-electron chi connectivity index (χ1n) is 13.6. The van der Waals surface area contributed by atoms with E-state index in [1.165, 1.54) is 36.0 Å². The lowest BCUT2D eigenvalue weighted by Crippen LogP contribution is -2.66. The van der Waals surface area contributed by atoms with Crippen molar-refractivity contribution in [2.45, 2.75) is 81.3 Å². The van der Waals surface area contributed by atoms with E-state index in [2.05, 4.69) is 19.9 Å². The predicted octanol–water partition coefficient (Wildman–Crippen LogP) is 1.61. The smallest absolute Gasteiger partial charge is 0.339 e. The fraction of sp³-hybridized carbons (Fsp3) is 0.621. The van der Waals surface area contributed by atoms with Crippen LogP contribution in [0.4, 0.5) is 0 Å². The summed E-state index contributed by atoms with van der Waals surface area (Å²) in [5.41, 5.74) is -1.78. The second-order valence-electron chi connectivity index (χ2n) is 12.0. The molecule has 1 saturated carbocycles. The Morgan fingerprint density at radius 3 is 2.62 bits per heavy atom. The van der Waals surface area contributed by atoms with Crippen molar-refractivity contribution in [1.29, 1.82) is 0 Å². The molecule has 0 aromatic rings. The molecule has 0 amide bonds. The van der Waals surface area contributed by atoms with Crippen molar-refractivity contribution in [2.75, 3.05) is 19.8 Å². The summed E-state index contributed by atoms with van der Waals surface area (Å²) in [5.74, 6) is -1.97. The Kier molecular flexibility index (Phi) is 5.40. The van der Waals surface area contributed by atoms with Crippen LogP contribution in [0.25, 0.3) is 0 Å². The molecule has 9 atom stereocenters. The third kappa shape index (κ3) is 3.26. The minimum atomic E-state index is -1.59. The number of rotatable bonds is 0. The number of cyclic esters (lactones) is 1. The van der Waals surface area contributed by atoms with Gasteiger partial charge < -0.3 is 33.5 Å². The Balaban J connectivity index is 1.32. The molecule has 5 fully saturated rings. The number of hydrogen-bond donors (Lipinski definition) is 1. The first-order valence-corrected chi connectivity index (χ1v) is 13.6. The Bertz CT molecular complexity index is 1260. The summed E-state index contributed by atoms with van der Waals surface area (Å²) in [4.78, 5) is 38.7. The van der Waals surface area contributed by atoms with Gasteiger partial charge in [-0.25, -0.2) is 14.4 Å². The van der Waals surface area contributed by atoms with Crippen LogP contribution < -0.4 is 0 Å². The standard InChI is InChI=1S/C29H32O10/c1-16-6-9-27-14-34-22(31)12-17-7-10-35-28(23(32)25(33)39-24(17)28)8-4-3-5-21(30)38-18-13-20(37-19(27)11-16)29(15-36-29)26(18,27)2/h3-5,8,11-12,18-20,23-24,32H,6-7,9-10,13-15H2,1-2H3/t18-,19-,20-,23?,24?,26-,27-,28?,29+/m1/s1. The number of allylic oxidation sites excluding steroid dienone is 3. The third-order valence-corrected chi connectivity index (χ3v) is 10.3. The summed E-state index contributed by atoms with van der Waals surface area (Å²) >= 11 is 0. The van der Waals surface area contributed by atoms with Crippen LogP contribution in [0.1, 0.15) is 39.5 Å². The van der Waals surface area contributed by atoms with E-state index in [0.29, 0.717) is 31.4 Å². The summed E-state index contributed by atoms with van der Waals surface area (Å²) in [6.45, 7) is 4.84. The number of esters is 3. The molecule has 0 radical (unpaired) electrons. The zero-order chi connectivity index (χ0) is 27.2. The fourth-order valence-electron chi connectivity index (χ4n) is 8.02. The Hall–Kier alpha value is -2.79. The average Bonchev–Trinajstić information content (AvgIpc) is 3.64. The van der Waals surface area contributed by atoms with Crippen molar-refractivity contribution >= 4 is 17.9 Å². The van der Waals surface area contributed by atoms with Crippen LogP contribution in [0, 0.1) is 10.8 Å². The lowest BCUT2D eigenvalue weighted by Gasteiger charge is -2.58. The number of epoxide rings is 1. The van der Waals surface area contributed by atoms with E-state index < -0.39 is 58.3 Å². The van der Waals surface area contributed by atoms with Gasteiger partial charge in [0, 0.05) is 24.0 Å². The summed E-state index contributed by atoms with van der Waals surface area (Å²) in [6, 6.07) is 0. The van der Waals surface area contributed by atoms with Crippen molar-refractivity contribution in [3.63, 3.8) is 0 Å². The highest BCUT2D eigenvalue weighted by Crippen LogP contribution is 2.72. The first kappa shape index (κ1) is 25.2. The van der Waals surface area contributed by atoms with Gasteiger partial charge in [0.15, 0.2) is 17.8 Å². The van der Waals surface area contributed by atoms with Gasteiger partial charge in [-0.15, -0.1) is 0 Å². The zero-order valence-electron chi connectivity index (χ0n) is 21.9. The second-order valence-corrected chi connectivity index (χ2v) is 12.0. The highest BCUT2D eigenvalue weighted by Gasteiger charge is 2.83. The van der Waals surface area contributed by atoms with Gasteiger partial charge in [0.2, 0.25) is 0 Å². The van der Waals surface area contributed by atoms with E-state index in [1.807, 2.05) is 0 Å².